The van der Waals surface area contributed by atoms with Gasteiger partial charge in [-0.3, -0.25) is 0 Å². The topological polar surface area (TPSA) is 92.7 Å². The molecule has 1 aliphatic rings. The molecule has 1 fully saturated rings. The molecule has 0 unspecified atom stereocenters. The van der Waals surface area contributed by atoms with E-state index in [1.54, 1.807) is 7.11 Å². The Morgan fingerprint density at radius 2 is 2.00 bits per heavy atom. The molecule has 0 amide bonds. The molecule has 0 atom stereocenters. The standard InChI is InChI=1S/C12H13Cl2NO5S/c1-20-8-4-7(5-8)15-21(18,19)10-3-6(13)2-9(11(10)14)12(16)17/h2-3,7-8,15H,4-5H2,1H3,(H,16,17). The van der Waals surface area contributed by atoms with E-state index >= 15 is 0 Å². The monoisotopic (exact) mass is 353 g/mol. The van der Waals surface area contributed by atoms with Crippen molar-refractivity contribution >= 4 is 39.2 Å². The van der Waals surface area contributed by atoms with Gasteiger partial charge in [-0.1, -0.05) is 23.2 Å². The highest BCUT2D eigenvalue weighted by Gasteiger charge is 2.34. The summed E-state index contributed by atoms with van der Waals surface area (Å²) in [7, 11) is -2.39. The number of halogens is 2. The van der Waals surface area contributed by atoms with Crippen LogP contribution in [0.2, 0.25) is 10.0 Å². The molecule has 2 rings (SSSR count). The molecule has 6 nitrogen and oxygen atoms in total. The first-order chi connectivity index (χ1) is 9.74. The number of hydrogen-bond acceptors (Lipinski definition) is 4. The highest BCUT2D eigenvalue weighted by atomic mass is 35.5. The highest BCUT2D eigenvalue weighted by molar-refractivity contribution is 7.89. The molecule has 0 bridgehead atoms. The minimum atomic E-state index is -3.95. The van der Waals surface area contributed by atoms with Gasteiger partial charge in [0.1, 0.15) is 4.90 Å². The number of benzene rings is 1. The lowest BCUT2D eigenvalue weighted by atomic mass is 9.90. The number of ether oxygens (including phenoxy) is 1. The fraction of sp³-hybridized carbons (Fsp3) is 0.417. The van der Waals surface area contributed by atoms with Gasteiger partial charge in [-0.05, 0) is 25.0 Å². The van der Waals surface area contributed by atoms with Gasteiger partial charge in [-0.15, -0.1) is 0 Å². The largest absolute Gasteiger partial charge is 0.478 e. The van der Waals surface area contributed by atoms with Crippen molar-refractivity contribution in [2.24, 2.45) is 0 Å². The van der Waals surface area contributed by atoms with Crippen LogP contribution in [0.15, 0.2) is 17.0 Å². The average molecular weight is 354 g/mol. The van der Waals surface area contributed by atoms with Crippen molar-refractivity contribution in [3.63, 3.8) is 0 Å². The van der Waals surface area contributed by atoms with Gasteiger partial charge < -0.3 is 9.84 Å². The van der Waals surface area contributed by atoms with Crippen LogP contribution < -0.4 is 4.72 Å². The Balaban J connectivity index is 2.30. The number of methoxy groups -OCH3 is 1. The van der Waals surface area contributed by atoms with Gasteiger partial charge >= 0.3 is 5.97 Å². The molecule has 9 heteroatoms. The number of carboxylic acid groups (broad SMARTS) is 1. The summed E-state index contributed by atoms with van der Waals surface area (Å²) in [5.74, 6) is -1.35. The SMILES string of the molecule is COC1CC(NS(=O)(=O)c2cc(Cl)cc(C(=O)O)c2Cl)C1. The maximum absolute atomic E-state index is 12.3. The number of rotatable bonds is 5. The fourth-order valence-electron chi connectivity index (χ4n) is 2.05. The van der Waals surface area contributed by atoms with Crippen molar-refractivity contribution in [1.29, 1.82) is 0 Å². The summed E-state index contributed by atoms with van der Waals surface area (Å²) in [5, 5.41) is 8.64. The second-order valence-electron chi connectivity index (χ2n) is 4.72. The third-order valence-corrected chi connectivity index (χ3v) is 5.56. The molecular weight excluding hydrogens is 341 g/mol. The minimum Gasteiger partial charge on any atom is -0.478 e. The van der Waals surface area contributed by atoms with E-state index in [9.17, 15) is 13.2 Å². The van der Waals surface area contributed by atoms with E-state index in [2.05, 4.69) is 4.72 Å². The van der Waals surface area contributed by atoms with Crippen LogP contribution in [0.5, 0.6) is 0 Å². The minimum absolute atomic E-state index is 0.0134. The summed E-state index contributed by atoms with van der Waals surface area (Å²) in [6, 6.07) is 1.98. The molecule has 2 N–H and O–H groups in total. The fourth-order valence-corrected chi connectivity index (χ4v) is 4.22. The van der Waals surface area contributed by atoms with Crippen LogP contribution in [0.1, 0.15) is 23.2 Å². The Bertz CT molecular complexity index is 670. The molecular formula is C12H13Cl2NO5S. The Labute approximate surface area is 132 Å². The van der Waals surface area contributed by atoms with Gasteiger partial charge in [0.2, 0.25) is 10.0 Å². The summed E-state index contributed by atoms with van der Waals surface area (Å²) < 4.78 is 32.1. The second-order valence-corrected chi connectivity index (χ2v) is 7.21. The molecule has 1 aliphatic carbocycles. The first kappa shape index (κ1) is 16.5. The first-order valence-electron chi connectivity index (χ1n) is 6.02. The van der Waals surface area contributed by atoms with E-state index in [4.69, 9.17) is 33.0 Å². The summed E-state index contributed by atoms with van der Waals surface area (Å²) >= 11 is 11.6. The normalized spacial score (nSPS) is 21.9. The van der Waals surface area contributed by atoms with Gasteiger partial charge in [-0.2, -0.15) is 0 Å². The van der Waals surface area contributed by atoms with Crippen LogP contribution in [0.4, 0.5) is 0 Å². The van der Waals surface area contributed by atoms with E-state index in [-0.39, 0.29) is 32.7 Å². The molecule has 0 saturated heterocycles. The Morgan fingerprint density at radius 3 is 2.52 bits per heavy atom. The quantitative estimate of drug-likeness (QED) is 0.845. The molecule has 0 radical (unpaired) electrons. The highest BCUT2D eigenvalue weighted by Crippen LogP contribution is 2.31. The lowest BCUT2D eigenvalue weighted by Gasteiger charge is -2.34. The zero-order valence-corrected chi connectivity index (χ0v) is 13.3. The summed E-state index contributed by atoms with van der Waals surface area (Å²) in [5.41, 5.74) is -0.354. The number of carbonyl (C=O) groups is 1. The molecule has 0 aliphatic heterocycles. The first-order valence-corrected chi connectivity index (χ1v) is 8.26. The van der Waals surface area contributed by atoms with Crippen LogP contribution in [-0.4, -0.2) is 38.7 Å². The lowest BCUT2D eigenvalue weighted by Crippen LogP contribution is -2.47. The lowest BCUT2D eigenvalue weighted by molar-refractivity contribution is 0.0236. The van der Waals surface area contributed by atoms with Crippen molar-refractivity contribution in [3.05, 3.63) is 27.7 Å². The molecule has 0 spiro atoms. The predicted octanol–water partition coefficient (Wildman–Crippen LogP) is 2.15. The Hall–Kier alpha value is -0.860. The van der Waals surface area contributed by atoms with Gasteiger partial charge in [0.15, 0.2) is 0 Å². The van der Waals surface area contributed by atoms with E-state index < -0.39 is 16.0 Å². The summed E-state index contributed by atoms with van der Waals surface area (Å²) in [6.45, 7) is 0. The zero-order valence-electron chi connectivity index (χ0n) is 11.0. The molecule has 0 heterocycles. The van der Waals surface area contributed by atoms with Crippen molar-refractivity contribution in [3.8, 4) is 0 Å². The van der Waals surface area contributed by atoms with Crippen LogP contribution in [0, 0.1) is 0 Å². The molecule has 0 aromatic heterocycles. The third kappa shape index (κ3) is 3.49. The Kier molecular flexibility index (Phi) is 4.79. The van der Waals surface area contributed by atoms with Gasteiger partial charge in [0, 0.05) is 18.2 Å². The van der Waals surface area contributed by atoms with Crippen LogP contribution in [0.3, 0.4) is 0 Å². The third-order valence-electron chi connectivity index (χ3n) is 3.27. The molecule has 116 valence electrons. The predicted molar refractivity (Wildman–Crippen MR) is 77.6 cm³/mol. The smallest absolute Gasteiger partial charge is 0.337 e. The molecule has 21 heavy (non-hydrogen) atoms. The zero-order chi connectivity index (χ0) is 15.8. The van der Waals surface area contributed by atoms with Crippen LogP contribution in [0.25, 0.3) is 0 Å². The Morgan fingerprint density at radius 1 is 1.38 bits per heavy atom. The van der Waals surface area contributed by atoms with Crippen LogP contribution in [-0.2, 0) is 14.8 Å². The number of sulfonamides is 1. The maximum atomic E-state index is 12.3. The molecule has 1 saturated carbocycles. The average Bonchev–Trinajstić information content (AvgIpc) is 2.35. The van der Waals surface area contributed by atoms with Crippen molar-refractivity contribution < 1.29 is 23.1 Å². The van der Waals surface area contributed by atoms with Gasteiger partial charge in [-0.25, -0.2) is 17.9 Å². The second kappa shape index (κ2) is 6.10. The molecule has 1 aromatic carbocycles. The van der Waals surface area contributed by atoms with Crippen molar-refractivity contribution in [2.45, 2.75) is 29.9 Å². The van der Waals surface area contributed by atoms with E-state index in [1.807, 2.05) is 0 Å². The molecule has 1 aromatic rings. The van der Waals surface area contributed by atoms with Crippen molar-refractivity contribution in [2.75, 3.05) is 7.11 Å². The van der Waals surface area contributed by atoms with Crippen molar-refractivity contribution in [1.82, 2.24) is 4.72 Å². The van der Waals surface area contributed by atoms with E-state index in [1.165, 1.54) is 0 Å². The van der Waals surface area contributed by atoms with Gasteiger partial charge in [0.05, 0.1) is 16.7 Å². The maximum Gasteiger partial charge on any atom is 0.337 e. The summed E-state index contributed by atoms with van der Waals surface area (Å²) in [4.78, 5) is 10.7. The summed E-state index contributed by atoms with van der Waals surface area (Å²) in [6.07, 6.45) is 1.14. The van der Waals surface area contributed by atoms with Crippen LogP contribution >= 0.6 is 23.2 Å². The number of carboxylic acids is 1. The number of hydrogen-bond donors (Lipinski definition) is 2. The number of nitrogens with one attached hydrogen (secondary N) is 1. The van der Waals surface area contributed by atoms with E-state index in [0.717, 1.165) is 12.1 Å². The number of aromatic carboxylic acids is 1. The van der Waals surface area contributed by atoms with Gasteiger partial charge in [0.25, 0.3) is 0 Å². The van der Waals surface area contributed by atoms with E-state index in [0.29, 0.717) is 12.8 Å².